The summed E-state index contributed by atoms with van der Waals surface area (Å²) in [6, 6.07) is 7.60. The van der Waals surface area contributed by atoms with E-state index in [4.69, 9.17) is 23.2 Å². The van der Waals surface area contributed by atoms with Gasteiger partial charge in [-0.3, -0.25) is 0 Å². The molecule has 1 aromatic carbocycles. The lowest BCUT2D eigenvalue weighted by molar-refractivity contribution is 1.13. The first kappa shape index (κ1) is 14.1. The van der Waals surface area contributed by atoms with Gasteiger partial charge < -0.3 is 5.32 Å². The summed E-state index contributed by atoms with van der Waals surface area (Å²) in [4.78, 5) is 4.04. The van der Waals surface area contributed by atoms with Gasteiger partial charge in [-0.15, -0.1) is 0 Å². The molecular weight excluding hydrogens is 403 g/mol. The Kier molecular flexibility index (Phi) is 4.90. The normalized spacial score (nSPS) is 10.4. The highest BCUT2D eigenvalue weighted by atomic mass is 79.9. The molecule has 2 rings (SSSR count). The Bertz CT molecular complexity index is 524. The zero-order valence-electron chi connectivity index (χ0n) is 9.05. The van der Waals surface area contributed by atoms with Crippen molar-refractivity contribution in [2.75, 3.05) is 5.32 Å². The van der Waals surface area contributed by atoms with E-state index in [-0.39, 0.29) is 0 Å². The lowest BCUT2D eigenvalue weighted by Gasteiger charge is -2.10. The van der Waals surface area contributed by atoms with Gasteiger partial charge in [-0.05, 0) is 45.8 Å². The standard InChI is InChI=1S/C12H8Br2Cl2N2/c13-8-1-2-10(15)7(3-8)5-17-11-4-9(14)6-18-12(11)16/h1-4,6,17H,5H2. The molecule has 2 aromatic rings. The second kappa shape index (κ2) is 6.24. The summed E-state index contributed by atoms with van der Waals surface area (Å²) in [5, 5.41) is 4.36. The van der Waals surface area contributed by atoms with Crippen LogP contribution in [0.1, 0.15) is 5.56 Å². The molecule has 0 unspecified atom stereocenters. The fourth-order valence-corrected chi connectivity index (χ4v) is 2.51. The summed E-state index contributed by atoms with van der Waals surface area (Å²) >= 11 is 18.9. The van der Waals surface area contributed by atoms with Crippen LogP contribution in [0.15, 0.2) is 39.4 Å². The number of nitrogens with one attached hydrogen (secondary N) is 1. The highest BCUT2D eigenvalue weighted by molar-refractivity contribution is 9.10. The first-order valence-corrected chi connectivity index (χ1v) is 7.39. The van der Waals surface area contributed by atoms with Crippen LogP contribution in [0.25, 0.3) is 0 Å². The number of anilines is 1. The summed E-state index contributed by atoms with van der Waals surface area (Å²) in [7, 11) is 0. The maximum absolute atomic E-state index is 6.11. The molecule has 0 fully saturated rings. The molecule has 6 heteroatoms. The van der Waals surface area contributed by atoms with Gasteiger partial charge in [-0.25, -0.2) is 4.98 Å². The summed E-state index contributed by atoms with van der Waals surface area (Å²) in [6.45, 7) is 0.579. The molecule has 0 saturated carbocycles. The molecular formula is C12H8Br2Cl2N2. The van der Waals surface area contributed by atoms with Gasteiger partial charge in [0.25, 0.3) is 0 Å². The van der Waals surface area contributed by atoms with Gasteiger partial charge in [0.15, 0.2) is 5.15 Å². The van der Waals surface area contributed by atoms with Crippen molar-refractivity contribution in [3.05, 3.63) is 55.1 Å². The highest BCUT2D eigenvalue weighted by Crippen LogP contribution is 2.26. The van der Waals surface area contributed by atoms with E-state index in [1.54, 1.807) is 6.20 Å². The topological polar surface area (TPSA) is 24.9 Å². The fourth-order valence-electron chi connectivity index (χ4n) is 1.42. The predicted molar refractivity (Wildman–Crippen MR) is 83.4 cm³/mol. The van der Waals surface area contributed by atoms with Crippen LogP contribution in [0, 0.1) is 0 Å². The molecule has 0 radical (unpaired) electrons. The Balaban J connectivity index is 2.16. The number of hydrogen-bond acceptors (Lipinski definition) is 2. The number of benzene rings is 1. The average molecular weight is 411 g/mol. The highest BCUT2D eigenvalue weighted by Gasteiger charge is 2.05. The van der Waals surface area contributed by atoms with Crippen molar-refractivity contribution < 1.29 is 0 Å². The van der Waals surface area contributed by atoms with Gasteiger partial charge >= 0.3 is 0 Å². The van der Waals surface area contributed by atoms with Gasteiger partial charge in [0.1, 0.15) is 0 Å². The third kappa shape index (κ3) is 3.60. The molecule has 0 spiro atoms. The summed E-state index contributed by atoms with van der Waals surface area (Å²) < 4.78 is 1.86. The quantitative estimate of drug-likeness (QED) is 0.673. The van der Waals surface area contributed by atoms with Crippen LogP contribution in [-0.4, -0.2) is 4.98 Å². The number of aromatic nitrogens is 1. The zero-order valence-corrected chi connectivity index (χ0v) is 13.7. The Morgan fingerprint density at radius 3 is 2.67 bits per heavy atom. The minimum atomic E-state index is 0.435. The van der Waals surface area contributed by atoms with Crippen molar-refractivity contribution in [1.82, 2.24) is 4.98 Å². The number of nitrogens with zero attached hydrogens (tertiary/aromatic N) is 1. The van der Waals surface area contributed by atoms with Crippen LogP contribution in [0.5, 0.6) is 0 Å². The molecule has 2 nitrogen and oxygen atoms in total. The van der Waals surface area contributed by atoms with E-state index < -0.39 is 0 Å². The minimum Gasteiger partial charge on any atom is -0.378 e. The van der Waals surface area contributed by atoms with E-state index in [0.29, 0.717) is 16.7 Å². The van der Waals surface area contributed by atoms with Crippen molar-refractivity contribution in [1.29, 1.82) is 0 Å². The Hall–Kier alpha value is -0.290. The minimum absolute atomic E-state index is 0.435. The fraction of sp³-hybridized carbons (Fsp3) is 0.0833. The monoisotopic (exact) mass is 408 g/mol. The number of hydrogen-bond donors (Lipinski definition) is 1. The maximum atomic E-state index is 6.11. The van der Waals surface area contributed by atoms with Gasteiger partial charge in [-0.1, -0.05) is 39.1 Å². The number of rotatable bonds is 3. The molecule has 0 bridgehead atoms. The van der Waals surface area contributed by atoms with Crippen molar-refractivity contribution in [2.24, 2.45) is 0 Å². The van der Waals surface area contributed by atoms with E-state index in [9.17, 15) is 0 Å². The van der Waals surface area contributed by atoms with E-state index >= 15 is 0 Å². The van der Waals surface area contributed by atoms with Crippen LogP contribution in [-0.2, 0) is 6.54 Å². The Labute approximate surface area is 132 Å². The van der Waals surface area contributed by atoms with Crippen LogP contribution in [0.4, 0.5) is 5.69 Å². The van der Waals surface area contributed by atoms with Crippen LogP contribution < -0.4 is 5.32 Å². The van der Waals surface area contributed by atoms with E-state index in [0.717, 1.165) is 20.2 Å². The SMILES string of the molecule is Clc1ccc(Br)cc1CNc1cc(Br)cnc1Cl. The third-order valence-electron chi connectivity index (χ3n) is 2.28. The van der Waals surface area contributed by atoms with Crippen molar-refractivity contribution in [3.63, 3.8) is 0 Å². The molecule has 0 atom stereocenters. The third-order valence-corrected chi connectivity index (χ3v) is 3.88. The lowest BCUT2D eigenvalue weighted by Crippen LogP contribution is -2.01. The van der Waals surface area contributed by atoms with Crippen molar-refractivity contribution in [2.45, 2.75) is 6.54 Å². The number of halogens is 4. The molecule has 1 N–H and O–H groups in total. The first-order valence-electron chi connectivity index (χ1n) is 5.05. The molecule has 94 valence electrons. The smallest absolute Gasteiger partial charge is 0.152 e. The Morgan fingerprint density at radius 2 is 1.89 bits per heavy atom. The average Bonchev–Trinajstić information content (AvgIpc) is 2.34. The first-order chi connectivity index (χ1) is 8.56. The van der Waals surface area contributed by atoms with Gasteiger partial charge in [0.2, 0.25) is 0 Å². The summed E-state index contributed by atoms with van der Waals surface area (Å²) in [5.41, 5.74) is 1.75. The largest absolute Gasteiger partial charge is 0.378 e. The molecule has 0 amide bonds. The molecule has 0 aliphatic carbocycles. The predicted octanol–water partition coefficient (Wildman–Crippen LogP) is 5.53. The lowest BCUT2D eigenvalue weighted by atomic mass is 10.2. The molecule has 1 aromatic heterocycles. The molecule has 0 saturated heterocycles. The second-order valence-corrected chi connectivity index (χ2v) is 6.18. The van der Waals surface area contributed by atoms with Crippen molar-refractivity contribution in [3.8, 4) is 0 Å². The van der Waals surface area contributed by atoms with Gasteiger partial charge in [-0.2, -0.15) is 0 Å². The maximum Gasteiger partial charge on any atom is 0.152 e. The van der Waals surface area contributed by atoms with E-state index in [1.807, 2.05) is 24.3 Å². The van der Waals surface area contributed by atoms with Crippen LogP contribution >= 0.6 is 55.1 Å². The van der Waals surface area contributed by atoms with Crippen LogP contribution in [0.3, 0.4) is 0 Å². The molecule has 18 heavy (non-hydrogen) atoms. The van der Waals surface area contributed by atoms with E-state index in [1.165, 1.54) is 0 Å². The molecule has 1 heterocycles. The molecule has 0 aliphatic rings. The van der Waals surface area contributed by atoms with Gasteiger partial charge in [0.05, 0.1) is 5.69 Å². The van der Waals surface area contributed by atoms with Crippen molar-refractivity contribution >= 4 is 60.7 Å². The van der Waals surface area contributed by atoms with Gasteiger partial charge in [0, 0.05) is 26.7 Å². The zero-order chi connectivity index (χ0) is 13.1. The Morgan fingerprint density at radius 1 is 1.11 bits per heavy atom. The second-order valence-electron chi connectivity index (χ2n) is 3.58. The summed E-state index contributed by atoms with van der Waals surface area (Å²) in [6.07, 6.45) is 1.65. The summed E-state index contributed by atoms with van der Waals surface area (Å²) in [5.74, 6) is 0. The number of pyridine rings is 1. The van der Waals surface area contributed by atoms with Crippen LogP contribution in [0.2, 0.25) is 10.2 Å². The molecule has 0 aliphatic heterocycles. The van der Waals surface area contributed by atoms with E-state index in [2.05, 4.69) is 42.2 Å².